The zero-order valence-corrected chi connectivity index (χ0v) is 16.2. The molecule has 0 aliphatic rings. The number of rotatable bonds is 6. The largest absolute Gasteiger partial charge is 0.506 e. The highest BCUT2D eigenvalue weighted by Gasteiger charge is 2.18. The number of nitrogens with zero attached hydrogens (tertiary/aromatic N) is 5. The molecule has 31 heavy (non-hydrogen) atoms. The lowest BCUT2D eigenvalue weighted by Crippen LogP contribution is -2.12. The summed E-state index contributed by atoms with van der Waals surface area (Å²) in [7, 11) is 0. The number of fused-ring (bicyclic) bond motifs is 1. The Morgan fingerprint density at radius 3 is 2.68 bits per heavy atom. The first-order valence-electron chi connectivity index (χ1n) is 9.21. The molecule has 11 heteroatoms. The summed E-state index contributed by atoms with van der Waals surface area (Å²) in [6, 6.07) is 14.4. The Morgan fingerprint density at radius 1 is 1.19 bits per heavy atom. The minimum Gasteiger partial charge on any atom is -0.506 e. The number of aromatic nitrogens is 3. The highest BCUT2D eigenvalue weighted by molar-refractivity contribution is 5.66. The molecule has 11 nitrogen and oxygen atoms in total. The van der Waals surface area contributed by atoms with E-state index < -0.39 is 10.5 Å². The summed E-state index contributed by atoms with van der Waals surface area (Å²) in [6.07, 6.45) is 0. The van der Waals surface area contributed by atoms with Crippen LogP contribution in [0.3, 0.4) is 0 Å². The molecule has 0 atom stereocenters. The maximum atomic E-state index is 12.7. The lowest BCUT2D eigenvalue weighted by atomic mass is 10.2. The topological polar surface area (TPSA) is 147 Å². The van der Waals surface area contributed by atoms with Crippen molar-refractivity contribution in [3.05, 3.63) is 75.1 Å². The van der Waals surface area contributed by atoms with Crippen molar-refractivity contribution in [3.8, 4) is 22.9 Å². The van der Waals surface area contributed by atoms with Gasteiger partial charge in [-0.25, -0.2) is 0 Å². The van der Waals surface area contributed by atoms with Gasteiger partial charge < -0.3 is 14.8 Å². The van der Waals surface area contributed by atoms with Gasteiger partial charge in [0.2, 0.25) is 5.69 Å². The first-order valence-corrected chi connectivity index (χ1v) is 9.21. The smallest absolute Gasteiger partial charge is 0.282 e. The highest BCUT2D eigenvalue weighted by atomic mass is 16.6. The van der Waals surface area contributed by atoms with Crippen LogP contribution in [0.1, 0.15) is 6.92 Å². The predicted octanol–water partition coefficient (Wildman–Crippen LogP) is 4.12. The Labute approximate surface area is 174 Å². The number of nitrogens with one attached hydrogen (secondary N) is 1. The van der Waals surface area contributed by atoms with E-state index in [4.69, 9.17) is 4.74 Å². The quantitative estimate of drug-likeness (QED) is 0.272. The van der Waals surface area contributed by atoms with Crippen molar-refractivity contribution in [2.75, 3.05) is 6.61 Å². The first-order chi connectivity index (χ1) is 15.0. The molecule has 4 rings (SSSR count). The molecular weight excluding hydrogens is 404 g/mol. The molecule has 0 aliphatic carbocycles. The SMILES string of the molecule is CCOc1c(N=Nc2cc([N+](=O)[O-])ccc2O)c(=O)[nH]c2cc(-c3ccccc3)nn12. The van der Waals surface area contributed by atoms with Crippen LogP contribution in [0.2, 0.25) is 0 Å². The van der Waals surface area contributed by atoms with Crippen LogP contribution in [0.15, 0.2) is 69.6 Å². The standard InChI is InChI=1S/C20H16N6O5/c1-2-31-20-18(23-22-15-10-13(26(29)30)8-9-16(15)27)19(28)21-17-11-14(24-25(17)20)12-6-4-3-5-7-12/h3-11,27H,2H2,1H3,(H,21,28). The number of ether oxygens (including phenoxy) is 1. The van der Waals surface area contributed by atoms with Gasteiger partial charge in [0, 0.05) is 23.8 Å². The maximum absolute atomic E-state index is 12.7. The number of H-pyrrole nitrogens is 1. The van der Waals surface area contributed by atoms with Crippen LogP contribution >= 0.6 is 0 Å². The normalized spacial score (nSPS) is 11.3. The molecule has 4 aromatic rings. The van der Waals surface area contributed by atoms with Crippen LogP contribution < -0.4 is 10.3 Å². The van der Waals surface area contributed by atoms with Crippen LogP contribution in [-0.2, 0) is 0 Å². The van der Waals surface area contributed by atoms with Crippen molar-refractivity contribution in [2.45, 2.75) is 6.92 Å². The van der Waals surface area contributed by atoms with Gasteiger partial charge >= 0.3 is 0 Å². The number of non-ortho nitro benzene ring substituents is 1. The zero-order chi connectivity index (χ0) is 22.0. The van der Waals surface area contributed by atoms with E-state index >= 15 is 0 Å². The van der Waals surface area contributed by atoms with E-state index in [1.165, 1.54) is 4.52 Å². The van der Waals surface area contributed by atoms with E-state index in [1.54, 1.807) is 13.0 Å². The van der Waals surface area contributed by atoms with Gasteiger partial charge in [-0.15, -0.1) is 10.2 Å². The van der Waals surface area contributed by atoms with Crippen molar-refractivity contribution < 1.29 is 14.8 Å². The second-order valence-corrected chi connectivity index (χ2v) is 6.36. The van der Waals surface area contributed by atoms with Crippen LogP contribution in [0.4, 0.5) is 17.1 Å². The molecule has 0 saturated heterocycles. The van der Waals surface area contributed by atoms with Crippen molar-refractivity contribution in [1.82, 2.24) is 14.6 Å². The van der Waals surface area contributed by atoms with E-state index in [2.05, 4.69) is 20.3 Å². The van der Waals surface area contributed by atoms with Gasteiger partial charge in [-0.3, -0.25) is 14.9 Å². The zero-order valence-electron chi connectivity index (χ0n) is 16.2. The highest BCUT2D eigenvalue weighted by Crippen LogP contribution is 2.33. The minimum atomic E-state index is -0.627. The molecule has 0 radical (unpaired) electrons. The number of nitro benzene ring substituents is 1. The van der Waals surface area contributed by atoms with Gasteiger partial charge in [-0.2, -0.15) is 9.61 Å². The molecule has 0 amide bonds. The molecule has 0 bridgehead atoms. The van der Waals surface area contributed by atoms with E-state index in [1.807, 2.05) is 30.3 Å². The average molecular weight is 420 g/mol. The Kier molecular flexibility index (Phi) is 5.14. The summed E-state index contributed by atoms with van der Waals surface area (Å²) in [5.74, 6) is -0.271. The Hall–Kier alpha value is -4.54. The number of azo groups is 1. The number of hydrogen-bond acceptors (Lipinski definition) is 8. The third-order valence-corrected chi connectivity index (χ3v) is 4.34. The number of aromatic amines is 1. The summed E-state index contributed by atoms with van der Waals surface area (Å²) in [6.45, 7) is 1.96. The molecule has 0 unspecified atom stereocenters. The fourth-order valence-corrected chi connectivity index (χ4v) is 2.91. The maximum Gasteiger partial charge on any atom is 0.282 e. The summed E-state index contributed by atoms with van der Waals surface area (Å²) < 4.78 is 7.01. The fraction of sp³-hybridized carbons (Fsp3) is 0.100. The van der Waals surface area contributed by atoms with Crippen LogP contribution in [-0.4, -0.2) is 31.2 Å². The van der Waals surface area contributed by atoms with E-state index in [0.29, 0.717) is 11.3 Å². The number of nitro groups is 1. The van der Waals surface area contributed by atoms with Crippen LogP contribution in [0.25, 0.3) is 16.9 Å². The molecule has 2 N–H and O–H groups in total. The lowest BCUT2D eigenvalue weighted by molar-refractivity contribution is -0.384. The molecule has 2 heterocycles. The molecule has 2 aromatic heterocycles. The van der Waals surface area contributed by atoms with Crippen molar-refractivity contribution in [2.24, 2.45) is 10.2 Å². The van der Waals surface area contributed by atoms with Gasteiger partial charge in [0.1, 0.15) is 17.1 Å². The Bertz CT molecular complexity index is 1360. The van der Waals surface area contributed by atoms with Gasteiger partial charge in [0.15, 0.2) is 0 Å². The number of hydrogen-bond donors (Lipinski definition) is 2. The molecule has 156 valence electrons. The van der Waals surface area contributed by atoms with Gasteiger partial charge in [-0.05, 0) is 13.0 Å². The Morgan fingerprint density at radius 2 is 1.97 bits per heavy atom. The summed E-state index contributed by atoms with van der Waals surface area (Å²) in [4.78, 5) is 25.7. The van der Waals surface area contributed by atoms with Crippen molar-refractivity contribution in [1.29, 1.82) is 0 Å². The second-order valence-electron chi connectivity index (χ2n) is 6.36. The van der Waals surface area contributed by atoms with Gasteiger partial charge in [0.05, 0.1) is 17.2 Å². The molecule has 2 aromatic carbocycles. The molecule has 0 aliphatic heterocycles. The predicted molar refractivity (Wildman–Crippen MR) is 111 cm³/mol. The summed E-state index contributed by atoms with van der Waals surface area (Å²) >= 11 is 0. The molecule has 0 spiro atoms. The van der Waals surface area contributed by atoms with Crippen molar-refractivity contribution in [3.63, 3.8) is 0 Å². The van der Waals surface area contributed by atoms with Crippen molar-refractivity contribution >= 4 is 22.7 Å². The minimum absolute atomic E-state index is 0.0529. The third kappa shape index (κ3) is 3.83. The number of phenolic OH excluding ortho intramolecular Hbond substituents is 1. The van der Waals surface area contributed by atoms with Crippen LogP contribution in [0.5, 0.6) is 11.6 Å². The molecular formula is C20H16N6O5. The van der Waals surface area contributed by atoms with E-state index in [9.17, 15) is 20.0 Å². The van der Waals surface area contributed by atoms with Gasteiger partial charge in [-0.1, -0.05) is 30.3 Å². The summed E-state index contributed by atoms with van der Waals surface area (Å²) in [5.41, 5.74) is 0.626. The average Bonchev–Trinajstić information content (AvgIpc) is 3.18. The van der Waals surface area contributed by atoms with Crippen LogP contribution in [0, 0.1) is 10.1 Å². The number of aromatic hydroxyl groups is 1. The third-order valence-electron chi connectivity index (χ3n) is 4.34. The monoisotopic (exact) mass is 420 g/mol. The van der Waals surface area contributed by atoms with E-state index in [-0.39, 0.29) is 35.3 Å². The fourth-order valence-electron chi connectivity index (χ4n) is 2.91. The molecule has 0 fully saturated rings. The second kappa shape index (κ2) is 8.06. The number of benzene rings is 2. The van der Waals surface area contributed by atoms with Gasteiger partial charge in [0.25, 0.3) is 17.1 Å². The summed E-state index contributed by atoms with van der Waals surface area (Å²) in [5, 5.41) is 33.1. The van der Waals surface area contributed by atoms with E-state index in [0.717, 1.165) is 23.8 Å². The number of phenols is 1. The molecule has 0 saturated carbocycles. The lowest BCUT2D eigenvalue weighted by Gasteiger charge is -2.07. The Balaban J connectivity index is 1.84. The first kappa shape index (κ1) is 19.8.